The number of aromatic carboxylic acids is 1. The lowest BCUT2D eigenvalue weighted by Gasteiger charge is -2.37. The highest BCUT2D eigenvalue weighted by Crippen LogP contribution is 2.35. The molecule has 0 atom stereocenters. The molecule has 132 valence electrons. The Morgan fingerprint density at radius 1 is 1.23 bits per heavy atom. The van der Waals surface area contributed by atoms with Gasteiger partial charge in [0, 0.05) is 19.3 Å². The quantitative estimate of drug-likeness (QED) is 0.919. The van der Waals surface area contributed by atoms with Crippen molar-refractivity contribution in [3.8, 4) is 6.07 Å². The number of nitrogens with zero attached hydrogens (tertiary/aromatic N) is 3. The van der Waals surface area contributed by atoms with Gasteiger partial charge in [-0.05, 0) is 37.0 Å². The van der Waals surface area contributed by atoms with Crippen LogP contribution < -0.4 is 0 Å². The van der Waals surface area contributed by atoms with Gasteiger partial charge in [0.15, 0.2) is 0 Å². The van der Waals surface area contributed by atoms with Gasteiger partial charge in [0.1, 0.15) is 5.69 Å². The number of benzene rings is 1. The number of pyridine rings is 1. The summed E-state index contributed by atoms with van der Waals surface area (Å²) < 4.78 is 0. The average molecular weight is 349 g/mol. The third-order valence-electron chi connectivity index (χ3n) is 5.00. The molecule has 1 fully saturated rings. The lowest BCUT2D eigenvalue weighted by molar-refractivity contribution is 0.0685. The molecule has 0 spiro atoms. The van der Waals surface area contributed by atoms with E-state index in [1.54, 1.807) is 11.8 Å². The van der Waals surface area contributed by atoms with Crippen molar-refractivity contribution >= 4 is 11.9 Å². The zero-order valence-corrected chi connectivity index (χ0v) is 14.5. The normalized spacial score (nSPS) is 15.9. The maximum atomic E-state index is 12.7. The van der Waals surface area contributed by atoms with Gasteiger partial charge >= 0.3 is 5.97 Å². The number of aromatic nitrogens is 1. The minimum absolute atomic E-state index is 0.0796. The molecule has 0 saturated carbocycles. The fourth-order valence-electron chi connectivity index (χ4n) is 3.35. The molecule has 3 rings (SSSR count). The van der Waals surface area contributed by atoms with E-state index in [9.17, 15) is 20.0 Å². The lowest BCUT2D eigenvalue weighted by Crippen LogP contribution is -2.44. The van der Waals surface area contributed by atoms with Gasteiger partial charge in [-0.2, -0.15) is 5.26 Å². The largest absolute Gasteiger partial charge is 0.478 e. The second-order valence-electron chi connectivity index (χ2n) is 6.54. The molecule has 1 aliphatic heterocycles. The van der Waals surface area contributed by atoms with Gasteiger partial charge in [-0.25, -0.2) is 4.79 Å². The molecular weight excluding hydrogens is 330 g/mol. The first-order valence-corrected chi connectivity index (χ1v) is 8.43. The van der Waals surface area contributed by atoms with Crippen LogP contribution in [0.5, 0.6) is 0 Å². The Hall–Kier alpha value is -3.20. The SMILES string of the molecule is Cc1cnc(C(=O)N2CCC(C#N)(c3ccccc3)CC2)cc1C(=O)O. The van der Waals surface area contributed by atoms with Crippen LogP contribution in [0.15, 0.2) is 42.6 Å². The number of aryl methyl sites for hydroxylation is 1. The van der Waals surface area contributed by atoms with Crippen molar-refractivity contribution < 1.29 is 14.7 Å². The summed E-state index contributed by atoms with van der Waals surface area (Å²) in [5, 5.41) is 19.0. The van der Waals surface area contributed by atoms with E-state index in [1.807, 2.05) is 30.3 Å². The highest BCUT2D eigenvalue weighted by molar-refractivity contribution is 5.96. The van der Waals surface area contributed by atoms with Crippen molar-refractivity contribution in [2.75, 3.05) is 13.1 Å². The van der Waals surface area contributed by atoms with Crippen molar-refractivity contribution in [1.82, 2.24) is 9.88 Å². The van der Waals surface area contributed by atoms with Gasteiger partial charge in [-0.3, -0.25) is 9.78 Å². The fourth-order valence-corrected chi connectivity index (χ4v) is 3.35. The summed E-state index contributed by atoms with van der Waals surface area (Å²) in [6, 6.07) is 13.4. The van der Waals surface area contributed by atoms with Gasteiger partial charge in [0.05, 0.1) is 17.0 Å². The smallest absolute Gasteiger partial charge is 0.336 e. The number of carbonyl (C=O) groups excluding carboxylic acids is 1. The number of nitriles is 1. The minimum atomic E-state index is -1.08. The fraction of sp³-hybridized carbons (Fsp3) is 0.300. The molecule has 6 nitrogen and oxygen atoms in total. The van der Waals surface area contributed by atoms with E-state index in [4.69, 9.17) is 0 Å². The number of carbonyl (C=O) groups is 2. The Morgan fingerprint density at radius 2 is 1.88 bits per heavy atom. The minimum Gasteiger partial charge on any atom is -0.478 e. The summed E-state index contributed by atoms with van der Waals surface area (Å²) in [6.45, 7) is 2.51. The molecule has 1 aliphatic rings. The molecule has 0 radical (unpaired) electrons. The Morgan fingerprint density at radius 3 is 2.46 bits per heavy atom. The van der Waals surface area contributed by atoms with E-state index in [-0.39, 0.29) is 17.2 Å². The first-order chi connectivity index (χ1) is 12.5. The molecule has 1 aromatic carbocycles. The van der Waals surface area contributed by atoms with Crippen LogP contribution >= 0.6 is 0 Å². The Balaban J connectivity index is 1.78. The Bertz CT molecular complexity index is 879. The summed E-state index contributed by atoms with van der Waals surface area (Å²) in [4.78, 5) is 29.7. The highest BCUT2D eigenvalue weighted by atomic mass is 16.4. The van der Waals surface area contributed by atoms with E-state index >= 15 is 0 Å². The van der Waals surface area contributed by atoms with Crippen molar-refractivity contribution in [3.05, 3.63) is 65.0 Å². The number of hydrogen-bond acceptors (Lipinski definition) is 4. The third-order valence-corrected chi connectivity index (χ3v) is 5.00. The summed E-state index contributed by atoms with van der Waals surface area (Å²) in [7, 11) is 0. The molecule has 0 unspecified atom stereocenters. The zero-order chi connectivity index (χ0) is 18.7. The monoisotopic (exact) mass is 349 g/mol. The van der Waals surface area contributed by atoms with Gasteiger partial charge in [-0.1, -0.05) is 30.3 Å². The first-order valence-electron chi connectivity index (χ1n) is 8.43. The molecule has 26 heavy (non-hydrogen) atoms. The van der Waals surface area contributed by atoms with Crippen LogP contribution in [-0.2, 0) is 5.41 Å². The highest BCUT2D eigenvalue weighted by Gasteiger charge is 2.38. The second kappa shape index (κ2) is 6.96. The third kappa shape index (κ3) is 3.16. The van der Waals surface area contributed by atoms with E-state index < -0.39 is 11.4 Å². The predicted molar refractivity (Wildman–Crippen MR) is 94.8 cm³/mol. The number of piperidine rings is 1. The van der Waals surface area contributed by atoms with Crippen LogP contribution in [0.4, 0.5) is 0 Å². The van der Waals surface area contributed by atoms with Gasteiger partial charge < -0.3 is 10.0 Å². The number of carboxylic acid groups (broad SMARTS) is 1. The number of hydrogen-bond donors (Lipinski definition) is 1. The maximum Gasteiger partial charge on any atom is 0.336 e. The van der Waals surface area contributed by atoms with Gasteiger partial charge in [-0.15, -0.1) is 0 Å². The summed E-state index contributed by atoms with van der Waals surface area (Å²) >= 11 is 0. The lowest BCUT2D eigenvalue weighted by atomic mass is 9.74. The number of likely N-dealkylation sites (tertiary alicyclic amines) is 1. The Kier molecular flexibility index (Phi) is 4.72. The van der Waals surface area contributed by atoms with Crippen LogP contribution in [0.25, 0.3) is 0 Å². The van der Waals surface area contributed by atoms with Crippen LogP contribution in [0.2, 0.25) is 0 Å². The molecule has 2 aromatic rings. The van der Waals surface area contributed by atoms with Crippen LogP contribution in [-0.4, -0.2) is 40.0 Å². The van der Waals surface area contributed by atoms with Crippen molar-refractivity contribution in [1.29, 1.82) is 5.26 Å². The molecule has 6 heteroatoms. The van der Waals surface area contributed by atoms with E-state index in [2.05, 4.69) is 11.1 Å². The molecule has 1 N–H and O–H groups in total. The van der Waals surface area contributed by atoms with E-state index in [0.717, 1.165) is 5.56 Å². The standard InChI is InChI=1S/C20H19N3O3/c1-14-12-22-17(11-16(14)19(25)26)18(24)23-9-7-20(13-21,8-10-23)15-5-3-2-4-6-15/h2-6,11-12H,7-10H2,1H3,(H,25,26). The molecule has 0 bridgehead atoms. The van der Waals surface area contributed by atoms with Gasteiger partial charge in [0.25, 0.3) is 5.91 Å². The summed E-state index contributed by atoms with van der Waals surface area (Å²) in [5.41, 5.74) is 1.09. The summed E-state index contributed by atoms with van der Waals surface area (Å²) in [6.07, 6.45) is 2.48. The van der Waals surface area contributed by atoms with Crippen LogP contribution in [0.3, 0.4) is 0 Å². The van der Waals surface area contributed by atoms with Crippen LogP contribution in [0, 0.1) is 18.3 Å². The molecule has 0 aliphatic carbocycles. The first kappa shape index (κ1) is 17.6. The molecule has 1 aromatic heterocycles. The maximum absolute atomic E-state index is 12.7. The predicted octanol–water partition coefficient (Wildman–Crippen LogP) is 2.79. The summed E-state index contributed by atoms with van der Waals surface area (Å²) in [5.74, 6) is -1.38. The Labute approximate surface area is 151 Å². The molecule has 2 heterocycles. The molecule has 1 amide bonds. The molecular formula is C20H19N3O3. The van der Waals surface area contributed by atoms with Crippen LogP contribution in [0.1, 0.15) is 44.8 Å². The number of amides is 1. The average Bonchev–Trinajstić information content (AvgIpc) is 2.68. The van der Waals surface area contributed by atoms with Crippen molar-refractivity contribution in [2.24, 2.45) is 0 Å². The van der Waals surface area contributed by atoms with Crippen molar-refractivity contribution in [2.45, 2.75) is 25.2 Å². The van der Waals surface area contributed by atoms with Crippen molar-refractivity contribution in [3.63, 3.8) is 0 Å². The van der Waals surface area contributed by atoms with E-state index in [1.165, 1.54) is 12.3 Å². The second-order valence-corrected chi connectivity index (χ2v) is 6.54. The number of rotatable bonds is 3. The zero-order valence-electron chi connectivity index (χ0n) is 14.5. The molecule has 1 saturated heterocycles. The topological polar surface area (TPSA) is 94.3 Å². The van der Waals surface area contributed by atoms with E-state index in [0.29, 0.717) is 31.5 Å². The van der Waals surface area contributed by atoms with Gasteiger partial charge in [0.2, 0.25) is 0 Å². The number of carboxylic acids is 1.